The molecule has 0 N–H and O–H groups in total. The SMILES string of the molecule is CCOc1ccc(OCCN=C=S)cc1. The van der Waals surface area contributed by atoms with Gasteiger partial charge in [0.15, 0.2) is 0 Å². The third-order valence-corrected chi connectivity index (χ3v) is 1.80. The topological polar surface area (TPSA) is 30.8 Å². The zero-order valence-electron chi connectivity index (χ0n) is 8.60. The highest BCUT2D eigenvalue weighted by atomic mass is 32.1. The van der Waals surface area contributed by atoms with E-state index < -0.39 is 0 Å². The number of rotatable bonds is 6. The molecule has 0 aromatic heterocycles. The lowest BCUT2D eigenvalue weighted by Crippen LogP contribution is -2.00. The average Bonchev–Trinajstić information content (AvgIpc) is 2.27. The summed E-state index contributed by atoms with van der Waals surface area (Å²) in [5, 5.41) is 2.29. The maximum Gasteiger partial charge on any atom is 0.119 e. The summed E-state index contributed by atoms with van der Waals surface area (Å²) in [6.45, 7) is 3.67. The monoisotopic (exact) mass is 223 g/mol. The zero-order chi connectivity index (χ0) is 10.9. The number of isothiocyanates is 1. The van der Waals surface area contributed by atoms with Crippen molar-refractivity contribution in [3.05, 3.63) is 24.3 Å². The zero-order valence-corrected chi connectivity index (χ0v) is 9.42. The third-order valence-electron chi connectivity index (χ3n) is 1.67. The number of thiocarbonyl (C=S) groups is 1. The van der Waals surface area contributed by atoms with Gasteiger partial charge in [-0.2, -0.15) is 0 Å². The van der Waals surface area contributed by atoms with Gasteiger partial charge in [-0.25, -0.2) is 4.99 Å². The van der Waals surface area contributed by atoms with Crippen LogP contribution in [0.3, 0.4) is 0 Å². The van der Waals surface area contributed by atoms with E-state index >= 15 is 0 Å². The Morgan fingerprint density at radius 1 is 1.20 bits per heavy atom. The lowest BCUT2D eigenvalue weighted by atomic mass is 10.3. The number of hydrogen-bond acceptors (Lipinski definition) is 4. The Kier molecular flexibility index (Phi) is 5.44. The molecule has 1 aromatic rings. The van der Waals surface area contributed by atoms with Crippen LogP contribution in [0.4, 0.5) is 0 Å². The largest absolute Gasteiger partial charge is 0.494 e. The smallest absolute Gasteiger partial charge is 0.119 e. The highest BCUT2D eigenvalue weighted by Crippen LogP contribution is 2.17. The first kappa shape index (κ1) is 11.7. The van der Waals surface area contributed by atoms with Gasteiger partial charge in [0, 0.05) is 0 Å². The summed E-state index contributed by atoms with van der Waals surface area (Å²) in [6, 6.07) is 7.49. The number of nitrogens with zero attached hydrogens (tertiary/aromatic N) is 1. The predicted octanol–water partition coefficient (Wildman–Crippen LogP) is 2.57. The predicted molar refractivity (Wildman–Crippen MR) is 63.0 cm³/mol. The summed E-state index contributed by atoms with van der Waals surface area (Å²) >= 11 is 4.44. The highest BCUT2D eigenvalue weighted by molar-refractivity contribution is 7.78. The summed E-state index contributed by atoms with van der Waals surface area (Å²) in [6.07, 6.45) is 0. The minimum absolute atomic E-state index is 0.512. The van der Waals surface area contributed by atoms with E-state index in [-0.39, 0.29) is 0 Å². The molecule has 0 heterocycles. The fourth-order valence-corrected chi connectivity index (χ4v) is 1.14. The van der Waals surface area contributed by atoms with Crippen LogP contribution in [0, 0.1) is 0 Å². The minimum atomic E-state index is 0.512. The first-order valence-corrected chi connectivity index (χ1v) is 5.17. The Bertz CT molecular complexity index is 331. The molecule has 4 heteroatoms. The second-order valence-electron chi connectivity index (χ2n) is 2.73. The Morgan fingerprint density at radius 2 is 1.80 bits per heavy atom. The highest BCUT2D eigenvalue weighted by Gasteiger charge is 1.94. The molecule has 80 valence electrons. The van der Waals surface area contributed by atoms with Gasteiger partial charge in [-0.05, 0) is 43.4 Å². The van der Waals surface area contributed by atoms with Crippen LogP contribution in [0.1, 0.15) is 6.92 Å². The standard InChI is InChI=1S/C11H13NO2S/c1-2-13-10-3-5-11(6-4-10)14-8-7-12-9-15/h3-6H,2,7-8H2,1H3. The molecule has 0 saturated heterocycles. The molecule has 0 aliphatic carbocycles. The van der Waals surface area contributed by atoms with Gasteiger partial charge in [-0.1, -0.05) is 0 Å². The van der Waals surface area contributed by atoms with Crippen molar-refractivity contribution in [1.29, 1.82) is 0 Å². The van der Waals surface area contributed by atoms with Crippen LogP contribution in [0.15, 0.2) is 29.3 Å². The van der Waals surface area contributed by atoms with Gasteiger partial charge in [-0.3, -0.25) is 0 Å². The second kappa shape index (κ2) is 6.98. The number of aliphatic imine (C=N–C) groups is 1. The second-order valence-corrected chi connectivity index (χ2v) is 2.91. The van der Waals surface area contributed by atoms with Gasteiger partial charge in [0.2, 0.25) is 0 Å². The molecule has 0 atom stereocenters. The van der Waals surface area contributed by atoms with E-state index in [1.165, 1.54) is 0 Å². The molecule has 0 bridgehead atoms. The van der Waals surface area contributed by atoms with Crippen LogP contribution in [-0.2, 0) is 0 Å². The molecule has 0 amide bonds. The van der Waals surface area contributed by atoms with Crippen molar-refractivity contribution in [3.8, 4) is 11.5 Å². The molecule has 15 heavy (non-hydrogen) atoms. The maximum atomic E-state index is 5.41. The molecular formula is C11H13NO2S. The van der Waals surface area contributed by atoms with E-state index in [0.29, 0.717) is 19.8 Å². The molecule has 1 aromatic carbocycles. The Morgan fingerprint density at radius 3 is 2.33 bits per heavy atom. The van der Waals surface area contributed by atoms with Crippen molar-refractivity contribution < 1.29 is 9.47 Å². The van der Waals surface area contributed by atoms with Crippen LogP contribution < -0.4 is 9.47 Å². The molecule has 0 aliphatic heterocycles. The maximum absolute atomic E-state index is 5.41. The molecule has 0 saturated carbocycles. The summed E-state index contributed by atoms with van der Waals surface area (Å²) < 4.78 is 10.7. The molecule has 3 nitrogen and oxygen atoms in total. The molecular weight excluding hydrogens is 210 g/mol. The Labute approximate surface area is 94.7 Å². The molecule has 0 fully saturated rings. The van der Waals surface area contributed by atoms with E-state index in [4.69, 9.17) is 9.47 Å². The van der Waals surface area contributed by atoms with E-state index in [2.05, 4.69) is 22.4 Å². The lowest BCUT2D eigenvalue weighted by molar-refractivity contribution is 0.324. The molecule has 0 aliphatic rings. The number of ether oxygens (including phenoxy) is 2. The minimum Gasteiger partial charge on any atom is -0.494 e. The van der Waals surface area contributed by atoms with Crippen molar-refractivity contribution in [2.45, 2.75) is 6.92 Å². The van der Waals surface area contributed by atoms with Crippen LogP contribution in [0.25, 0.3) is 0 Å². The van der Waals surface area contributed by atoms with Gasteiger partial charge in [0.1, 0.15) is 18.1 Å². The van der Waals surface area contributed by atoms with Gasteiger partial charge < -0.3 is 9.47 Å². The molecule has 0 spiro atoms. The first-order chi connectivity index (χ1) is 7.36. The van der Waals surface area contributed by atoms with Crippen LogP contribution in [-0.4, -0.2) is 24.9 Å². The molecule has 1 rings (SSSR count). The lowest BCUT2D eigenvalue weighted by Gasteiger charge is -2.05. The van der Waals surface area contributed by atoms with Crippen LogP contribution >= 0.6 is 12.2 Å². The molecule has 0 radical (unpaired) electrons. The average molecular weight is 223 g/mol. The van der Waals surface area contributed by atoms with Crippen molar-refractivity contribution >= 4 is 17.4 Å². The van der Waals surface area contributed by atoms with Crippen molar-refractivity contribution in [2.24, 2.45) is 4.99 Å². The van der Waals surface area contributed by atoms with Crippen molar-refractivity contribution in [3.63, 3.8) is 0 Å². The summed E-state index contributed by atoms with van der Waals surface area (Å²) in [4.78, 5) is 3.75. The fraction of sp³-hybridized carbons (Fsp3) is 0.364. The third kappa shape index (κ3) is 4.58. The van der Waals surface area contributed by atoms with E-state index in [1.807, 2.05) is 31.2 Å². The van der Waals surface area contributed by atoms with E-state index in [9.17, 15) is 0 Å². The number of benzene rings is 1. The van der Waals surface area contributed by atoms with Gasteiger partial charge in [0.05, 0.1) is 18.3 Å². The molecule has 0 unspecified atom stereocenters. The van der Waals surface area contributed by atoms with E-state index in [1.54, 1.807) is 0 Å². The summed E-state index contributed by atoms with van der Waals surface area (Å²) in [5.41, 5.74) is 0. The Hall–Kier alpha value is -1.38. The Balaban J connectivity index is 2.38. The van der Waals surface area contributed by atoms with Crippen LogP contribution in [0.2, 0.25) is 0 Å². The van der Waals surface area contributed by atoms with E-state index in [0.717, 1.165) is 11.5 Å². The van der Waals surface area contributed by atoms with Gasteiger partial charge >= 0.3 is 0 Å². The van der Waals surface area contributed by atoms with Gasteiger partial charge in [0.25, 0.3) is 0 Å². The van der Waals surface area contributed by atoms with Crippen LogP contribution in [0.5, 0.6) is 11.5 Å². The summed E-state index contributed by atoms with van der Waals surface area (Å²) in [5.74, 6) is 1.65. The fourth-order valence-electron chi connectivity index (χ4n) is 1.05. The number of hydrogen-bond donors (Lipinski definition) is 0. The first-order valence-electron chi connectivity index (χ1n) is 4.76. The summed E-state index contributed by atoms with van der Waals surface area (Å²) in [7, 11) is 0. The normalized spacial score (nSPS) is 9.13. The quantitative estimate of drug-likeness (QED) is 0.422. The van der Waals surface area contributed by atoms with Crippen molar-refractivity contribution in [1.82, 2.24) is 0 Å². The van der Waals surface area contributed by atoms with Crippen molar-refractivity contribution in [2.75, 3.05) is 19.8 Å². The van der Waals surface area contributed by atoms with Gasteiger partial charge in [-0.15, -0.1) is 0 Å².